The molecule has 0 aliphatic rings. The minimum atomic E-state index is -0.0360. The van der Waals surface area contributed by atoms with Crippen molar-refractivity contribution >= 4 is 11.6 Å². The SMILES string of the molecule is NCCCC(=O)COc1ccc(C(=O)c2ccccc2)cc1. The smallest absolute Gasteiger partial charge is 0.193 e. The molecule has 0 amide bonds. The van der Waals surface area contributed by atoms with Crippen molar-refractivity contribution in [2.75, 3.05) is 13.2 Å². The molecular weight excluding hydrogens is 278 g/mol. The van der Waals surface area contributed by atoms with Gasteiger partial charge in [-0.25, -0.2) is 0 Å². The second-order valence-electron chi connectivity index (χ2n) is 4.94. The monoisotopic (exact) mass is 297 g/mol. The lowest BCUT2D eigenvalue weighted by molar-refractivity contribution is -0.121. The molecular formula is C18H19NO3. The Balaban J connectivity index is 1.93. The van der Waals surface area contributed by atoms with E-state index < -0.39 is 0 Å². The number of hydrogen-bond acceptors (Lipinski definition) is 4. The number of rotatable bonds is 8. The fourth-order valence-corrected chi connectivity index (χ4v) is 1.99. The van der Waals surface area contributed by atoms with E-state index in [1.54, 1.807) is 36.4 Å². The van der Waals surface area contributed by atoms with Gasteiger partial charge in [0, 0.05) is 17.5 Å². The molecule has 0 heterocycles. The lowest BCUT2D eigenvalue weighted by Gasteiger charge is -2.06. The highest BCUT2D eigenvalue weighted by atomic mass is 16.5. The molecule has 0 radical (unpaired) electrons. The van der Waals surface area contributed by atoms with Crippen molar-refractivity contribution in [3.05, 3.63) is 65.7 Å². The Labute approximate surface area is 129 Å². The van der Waals surface area contributed by atoms with Gasteiger partial charge in [-0.05, 0) is 37.2 Å². The van der Waals surface area contributed by atoms with Crippen molar-refractivity contribution in [2.24, 2.45) is 5.73 Å². The number of hydrogen-bond donors (Lipinski definition) is 1. The maximum Gasteiger partial charge on any atom is 0.193 e. The van der Waals surface area contributed by atoms with Gasteiger partial charge in [-0.2, -0.15) is 0 Å². The molecule has 4 heteroatoms. The largest absolute Gasteiger partial charge is 0.486 e. The third-order valence-electron chi connectivity index (χ3n) is 3.21. The molecule has 2 aromatic carbocycles. The summed E-state index contributed by atoms with van der Waals surface area (Å²) in [5, 5.41) is 0. The van der Waals surface area contributed by atoms with Gasteiger partial charge in [-0.3, -0.25) is 9.59 Å². The zero-order valence-corrected chi connectivity index (χ0v) is 12.3. The molecule has 0 aliphatic heterocycles. The Hall–Kier alpha value is -2.46. The van der Waals surface area contributed by atoms with Crippen LogP contribution in [-0.2, 0) is 4.79 Å². The van der Waals surface area contributed by atoms with E-state index in [0.717, 1.165) is 0 Å². The van der Waals surface area contributed by atoms with Crippen LogP contribution in [0.4, 0.5) is 0 Å². The average molecular weight is 297 g/mol. The Morgan fingerprint density at radius 3 is 2.18 bits per heavy atom. The standard InChI is InChI=1S/C18H19NO3/c19-12-4-7-16(20)13-22-17-10-8-15(9-11-17)18(21)14-5-2-1-3-6-14/h1-3,5-6,8-11H,4,7,12-13,19H2. The summed E-state index contributed by atoms with van der Waals surface area (Å²) in [4.78, 5) is 23.7. The first kappa shape index (κ1) is 15.9. The van der Waals surface area contributed by atoms with E-state index in [2.05, 4.69) is 0 Å². The van der Waals surface area contributed by atoms with Crippen LogP contribution in [0, 0.1) is 0 Å². The first-order chi connectivity index (χ1) is 10.7. The summed E-state index contributed by atoms with van der Waals surface area (Å²) in [6.07, 6.45) is 1.10. The van der Waals surface area contributed by atoms with Crippen LogP contribution in [0.15, 0.2) is 54.6 Å². The normalized spacial score (nSPS) is 10.2. The molecule has 2 N–H and O–H groups in total. The average Bonchev–Trinajstić information content (AvgIpc) is 2.58. The van der Waals surface area contributed by atoms with Crippen molar-refractivity contribution in [3.8, 4) is 5.75 Å². The zero-order chi connectivity index (χ0) is 15.8. The second kappa shape index (κ2) is 8.10. The van der Waals surface area contributed by atoms with Crippen molar-refractivity contribution in [3.63, 3.8) is 0 Å². The summed E-state index contributed by atoms with van der Waals surface area (Å²) in [7, 11) is 0. The fraction of sp³-hybridized carbons (Fsp3) is 0.222. The fourth-order valence-electron chi connectivity index (χ4n) is 1.99. The predicted octanol–water partition coefficient (Wildman–Crippen LogP) is 2.60. The Kier molecular flexibility index (Phi) is 5.86. The molecule has 0 fully saturated rings. The maximum atomic E-state index is 12.2. The van der Waals surface area contributed by atoms with Gasteiger partial charge in [0.2, 0.25) is 0 Å². The number of benzene rings is 2. The van der Waals surface area contributed by atoms with Gasteiger partial charge >= 0.3 is 0 Å². The first-order valence-electron chi connectivity index (χ1n) is 7.25. The van der Waals surface area contributed by atoms with Gasteiger partial charge in [-0.1, -0.05) is 30.3 Å². The van der Waals surface area contributed by atoms with E-state index in [4.69, 9.17) is 10.5 Å². The van der Waals surface area contributed by atoms with Crippen molar-refractivity contribution in [2.45, 2.75) is 12.8 Å². The van der Waals surface area contributed by atoms with Crippen LogP contribution in [0.2, 0.25) is 0 Å². The van der Waals surface area contributed by atoms with Gasteiger partial charge in [0.05, 0.1) is 0 Å². The van der Waals surface area contributed by atoms with Crippen molar-refractivity contribution in [1.82, 2.24) is 0 Å². The maximum absolute atomic E-state index is 12.2. The molecule has 0 bridgehead atoms. The van der Waals surface area contributed by atoms with Crippen LogP contribution in [0.1, 0.15) is 28.8 Å². The number of ketones is 2. The van der Waals surface area contributed by atoms with E-state index in [1.807, 2.05) is 18.2 Å². The molecule has 22 heavy (non-hydrogen) atoms. The van der Waals surface area contributed by atoms with Gasteiger partial charge < -0.3 is 10.5 Å². The Morgan fingerprint density at radius 1 is 0.909 bits per heavy atom. The van der Waals surface area contributed by atoms with Crippen molar-refractivity contribution in [1.29, 1.82) is 0 Å². The van der Waals surface area contributed by atoms with E-state index in [-0.39, 0.29) is 18.2 Å². The predicted molar refractivity (Wildman–Crippen MR) is 85.1 cm³/mol. The zero-order valence-electron chi connectivity index (χ0n) is 12.3. The van der Waals surface area contributed by atoms with Gasteiger partial charge in [0.15, 0.2) is 11.6 Å². The highest BCUT2D eigenvalue weighted by molar-refractivity contribution is 6.08. The minimum absolute atomic E-state index is 0.0230. The summed E-state index contributed by atoms with van der Waals surface area (Å²) in [6, 6.07) is 15.9. The second-order valence-corrected chi connectivity index (χ2v) is 4.94. The molecule has 0 saturated heterocycles. The van der Waals surface area contributed by atoms with E-state index in [1.165, 1.54) is 0 Å². The van der Waals surface area contributed by atoms with Gasteiger partial charge in [0.25, 0.3) is 0 Å². The van der Waals surface area contributed by atoms with E-state index in [0.29, 0.717) is 36.3 Å². The highest BCUT2D eigenvalue weighted by Crippen LogP contribution is 2.15. The van der Waals surface area contributed by atoms with Crippen LogP contribution in [-0.4, -0.2) is 24.7 Å². The number of carbonyl (C=O) groups excluding carboxylic acids is 2. The lowest BCUT2D eigenvalue weighted by atomic mass is 10.0. The molecule has 0 atom stereocenters. The number of Topliss-reactive ketones (excluding diaryl/α,β-unsaturated/α-hetero) is 1. The number of ether oxygens (including phenoxy) is 1. The number of carbonyl (C=O) groups is 2. The summed E-state index contributed by atoms with van der Waals surface area (Å²) >= 11 is 0. The quantitative estimate of drug-likeness (QED) is 0.760. The molecule has 114 valence electrons. The van der Waals surface area contributed by atoms with Crippen LogP contribution < -0.4 is 10.5 Å². The first-order valence-corrected chi connectivity index (χ1v) is 7.25. The molecule has 2 aromatic rings. The Morgan fingerprint density at radius 2 is 1.55 bits per heavy atom. The van der Waals surface area contributed by atoms with Crippen LogP contribution in [0.25, 0.3) is 0 Å². The molecule has 0 spiro atoms. The highest BCUT2D eigenvalue weighted by Gasteiger charge is 2.09. The molecule has 0 saturated carbocycles. The van der Waals surface area contributed by atoms with Crippen molar-refractivity contribution < 1.29 is 14.3 Å². The van der Waals surface area contributed by atoms with Crippen LogP contribution in [0.5, 0.6) is 5.75 Å². The lowest BCUT2D eigenvalue weighted by Crippen LogP contribution is -2.13. The van der Waals surface area contributed by atoms with Crippen LogP contribution in [0.3, 0.4) is 0 Å². The van der Waals surface area contributed by atoms with Gasteiger partial charge in [0.1, 0.15) is 12.4 Å². The topological polar surface area (TPSA) is 69.4 Å². The molecule has 0 aromatic heterocycles. The Bertz CT molecular complexity index is 621. The van der Waals surface area contributed by atoms with E-state index >= 15 is 0 Å². The third-order valence-corrected chi connectivity index (χ3v) is 3.21. The van der Waals surface area contributed by atoms with Crippen LogP contribution >= 0.6 is 0 Å². The van der Waals surface area contributed by atoms with Gasteiger partial charge in [-0.15, -0.1) is 0 Å². The van der Waals surface area contributed by atoms with E-state index in [9.17, 15) is 9.59 Å². The molecule has 0 unspecified atom stereocenters. The summed E-state index contributed by atoms with van der Waals surface area (Å²) < 4.78 is 5.40. The summed E-state index contributed by atoms with van der Waals surface area (Å²) in [6.45, 7) is 0.536. The molecule has 2 rings (SSSR count). The molecule has 0 aliphatic carbocycles. The molecule has 4 nitrogen and oxygen atoms in total. The summed E-state index contributed by atoms with van der Waals surface area (Å²) in [5.41, 5.74) is 6.59. The summed E-state index contributed by atoms with van der Waals surface area (Å²) in [5.74, 6) is 0.562. The minimum Gasteiger partial charge on any atom is -0.486 e. The number of nitrogens with two attached hydrogens (primary N) is 1. The third kappa shape index (κ3) is 4.53.